The van der Waals surface area contributed by atoms with Crippen molar-refractivity contribution in [1.29, 1.82) is 0 Å². The molecule has 0 aromatic rings. The van der Waals surface area contributed by atoms with Gasteiger partial charge in [-0.05, 0) is 37.5 Å². The zero-order valence-electron chi connectivity index (χ0n) is 11.5. The molecule has 2 fully saturated rings. The first kappa shape index (κ1) is 13.8. The molecule has 0 bridgehead atoms. The van der Waals surface area contributed by atoms with Gasteiger partial charge in [0.05, 0.1) is 12.6 Å². The summed E-state index contributed by atoms with van der Waals surface area (Å²) in [7, 11) is 0. The van der Waals surface area contributed by atoms with Crippen molar-refractivity contribution in [3.63, 3.8) is 0 Å². The maximum absolute atomic E-state index is 12.6. The molecule has 5 unspecified atom stereocenters. The number of rotatable bonds is 2. The van der Waals surface area contributed by atoms with Crippen LogP contribution in [0.3, 0.4) is 0 Å². The molecule has 0 aromatic heterocycles. The summed E-state index contributed by atoms with van der Waals surface area (Å²) >= 11 is 0. The van der Waals surface area contributed by atoms with Crippen molar-refractivity contribution in [3.05, 3.63) is 0 Å². The first-order chi connectivity index (χ1) is 8.54. The molecule has 1 saturated carbocycles. The Labute approximate surface area is 110 Å². The Morgan fingerprint density at radius 1 is 1.28 bits per heavy atom. The largest absolute Gasteiger partial charge is 0.394 e. The second kappa shape index (κ2) is 5.57. The van der Waals surface area contributed by atoms with Crippen LogP contribution in [-0.2, 0) is 4.79 Å². The van der Waals surface area contributed by atoms with Crippen LogP contribution < -0.4 is 5.73 Å². The summed E-state index contributed by atoms with van der Waals surface area (Å²) in [6.45, 7) is 5.15. The Hall–Kier alpha value is -0.610. The van der Waals surface area contributed by atoms with Crippen molar-refractivity contribution in [2.24, 2.45) is 23.5 Å². The molecule has 0 radical (unpaired) electrons. The number of carbonyl (C=O) groups excluding carboxylic acids is 1. The van der Waals surface area contributed by atoms with Gasteiger partial charge in [0.1, 0.15) is 0 Å². The van der Waals surface area contributed by atoms with Gasteiger partial charge in [0.25, 0.3) is 0 Å². The van der Waals surface area contributed by atoms with E-state index in [2.05, 4.69) is 13.8 Å². The van der Waals surface area contributed by atoms with Gasteiger partial charge in [0.2, 0.25) is 5.91 Å². The van der Waals surface area contributed by atoms with E-state index in [0.717, 1.165) is 32.2 Å². The van der Waals surface area contributed by atoms with Crippen molar-refractivity contribution >= 4 is 5.91 Å². The second-order valence-corrected chi connectivity index (χ2v) is 6.20. The number of hydrogen-bond donors (Lipinski definition) is 2. The smallest absolute Gasteiger partial charge is 0.226 e. The van der Waals surface area contributed by atoms with Crippen molar-refractivity contribution in [3.8, 4) is 0 Å². The first-order valence-electron chi connectivity index (χ1n) is 7.21. The Kier molecular flexibility index (Phi) is 4.28. The molecule has 5 atom stereocenters. The Morgan fingerprint density at radius 2 is 2.00 bits per heavy atom. The minimum absolute atomic E-state index is 0.0281. The van der Waals surface area contributed by atoms with Crippen LogP contribution in [0, 0.1) is 17.8 Å². The van der Waals surface area contributed by atoms with E-state index in [9.17, 15) is 9.90 Å². The SMILES string of the molecule is CC1CC(N)CCC1C(=O)N1CCC(C)C1CO. The second-order valence-electron chi connectivity index (χ2n) is 6.20. The molecule has 104 valence electrons. The summed E-state index contributed by atoms with van der Waals surface area (Å²) in [4.78, 5) is 14.5. The molecule has 0 aromatic carbocycles. The number of aliphatic hydroxyl groups is 1. The summed E-state index contributed by atoms with van der Waals surface area (Å²) in [6, 6.07) is 0.287. The number of nitrogens with zero attached hydrogens (tertiary/aromatic N) is 1. The number of likely N-dealkylation sites (tertiary alicyclic amines) is 1. The number of nitrogens with two attached hydrogens (primary N) is 1. The van der Waals surface area contributed by atoms with Crippen molar-refractivity contribution in [1.82, 2.24) is 4.90 Å². The highest BCUT2D eigenvalue weighted by molar-refractivity contribution is 5.80. The van der Waals surface area contributed by atoms with Gasteiger partial charge in [0.15, 0.2) is 0 Å². The molecule has 3 N–H and O–H groups in total. The number of carbonyl (C=O) groups is 1. The molecule has 1 aliphatic carbocycles. The van der Waals surface area contributed by atoms with Crippen LogP contribution in [0.5, 0.6) is 0 Å². The van der Waals surface area contributed by atoms with Crippen LogP contribution in [-0.4, -0.2) is 41.1 Å². The van der Waals surface area contributed by atoms with Gasteiger partial charge in [-0.2, -0.15) is 0 Å². The zero-order valence-corrected chi connectivity index (χ0v) is 11.5. The summed E-state index contributed by atoms with van der Waals surface area (Å²) in [5, 5.41) is 9.45. The van der Waals surface area contributed by atoms with Gasteiger partial charge in [-0.1, -0.05) is 13.8 Å². The predicted molar refractivity (Wildman–Crippen MR) is 70.8 cm³/mol. The number of hydrogen-bond acceptors (Lipinski definition) is 3. The van der Waals surface area contributed by atoms with Gasteiger partial charge in [0, 0.05) is 18.5 Å². The minimum Gasteiger partial charge on any atom is -0.394 e. The lowest BCUT2D eigenvalue weighted by Gasteiger charge is -2.36. The first-order valence-corrected chi connectivity index (χ1v) is 7.21. The lowest BCUT2D eigenvalue weighted by Crippen LogP contribution is -2.46. The van der Waals surface area contributed by atoms with E-state index < -0.39 is 0 Å². The highest BCUT2D eigenvalue weighted by atomic mass is 16.3. The Morgan fingerprint density at radius 3 is 2.61 bits per heavy atom. The Bertz CT molecular complexity index is 308. The molecule has 1 aliphatic heterocycles. The number of aliphatic hydroxyl groups excluding tert-OH is 1. The molecule has 2 rings (SSSR count). The van der Waals surface area contributed by atoms with E-state index in [1.165, 1.54) is 0 Å². The maximum atomic E-state index is 12.6. The summed E-state index contributed by atoms with van der Waals surface area (Å²) in [5.41, 5.74) is 5.95. The lowest BCUT2D eigenvalue weighted by atomic mass is 9.77. The number of amides is 1. The molecule has 1 saturated heterocycles. The van der Waals surface area contributed by atoms with Crippen molar-refractivity contribution in [2.75, 3.05) is 13.2 Å². The van der Waals surface area contributed by atoms with E-state index in [4.69, 9.17) is 5.73 Å². The van der Waals surface area contributed by atoms with Crippen LogP contribution >= 0.6 is 0 Å². The van der Waals surface area contributed by atoms with Gasteiger partial charge in [-0.3, -0.25) is 4.79 Å². The van der Waals surface area contributed by atoms with E-state index in [0.29, 0.717) is 11.8 Å². The Balaban J connectivity index is 2.02. The fourth-order valence-corrected chi connectivity index (χ4v) is 3.58. The molecule has 18 heavy (non-hydrogen) atoms. The van der Waals surface area contributed by atoms with E-state index in [1.807, 2.05) is 4.90 Å². The standard InChI is InChI=1S/C14H26N2O2/c1-9-5-6-16(13(9)8-17)14(18)12-4-3-11(15)7-10(12)2/h9-13,17H,3-8,15H2,1-2H3. The van der Waals surface area contributed by atoms with Gasteiger partial charge >= 0.3 is 0 Å². The summed E-state index contributed by atoms with van der Waals surface area (Å²) < 4.78 is 0. The molecular formula is C14H26N2O2. The molecule has 1 amide bonds. The van der Waals surface area contributed by atoms with Crippen molar-refractivity contribution in [2.45, 2.75) is 51.6 Å². The highest BCUT2D eigenvalue weighted by Gasteiger charge is 2.39. The average molecular weight is 254 g/mol. The minimum atomic E-state index is 0.0281. The summed E-state index contributed by atoms with van der Waals surface area (Å²) in [5.74, 6) is 1.15. The quantitative estimate of drug-likeness (QED) is 0.772. The lowest BCUT2D eigenvalue weighted by molar-refractivity contribution is -0.140. The van der Waals surface area contributed by atoms with E-state index in [-0.39, 0.29) is 30.5 Å². The summed E-state index contributed by atoms with van der Waals surface area (Å²) in [6.07, 6.45) is 3.82. The third-order valence-electron chi connectivity index (χ3n) is 4.88. The topological polar surface area (TPSA) is 66.6 Å². The molecule has 1 heterocycles. The molecule has 2 aliphatic rings. The van der Waals surface area contributed by atoms with Gasteiger partial charge < -0.3 is 15.7 Å². The van der Waals surface area contributed by atoms with Crippen LogP contribution in [0.4, 0.5) is 0 Å². The van der Waals surface area contributed by atoms with Crippen LogP contribution in [0.25, 0.3) is 0 Å². The highest BCUT2D eigenvalue weighted by Crippen LogP contribution is 2.33. The predicted octanol–water partition coefficient (Wildman–Crippen LogP) is 0.979. The van der Waals surface area contributed by atoms with Crippen molar-refractivity contribution < 1.29 is 9.90 Å². The van der Waals surface area contributed by atoms with Crippen LogP contribution in [0.1, 0.15) is 39.5 Å². The normalized spacial score (nSPS) is 41.1. The monoisotopic (exact) mass is 254 g/mol. The van der Waals surface area contributed by atoms with E-state index in [1.54, 1.807) is 0 Å². The van der Waals surface area contributed by atoms with Gasteiger partial charge in [-0.25, -0.2) is 0 Å². The fraction of sp³-hybridized carbons (Fsp3) is 0.929. The molecule has 0 spiro atoms. The third kappa shape index (κ3) is 2.54. The van der Waals surface area contributed by atoms with E-state index >= 15 is 0 Å². The fourth-order valence-electron chi connectivity index (χ4n) is 3.58. The van der Waals surface area contributed by atoms with Crippen LogP contribution in [0.15, 0.2) is 0 Å². The van der Waals surface area contributed by atoms with Crippen LogP contribution in [0.2, 0.25) is 0 Å². The molecule has 4 nitrogen and oxygen atoms in total. The molecule has 4 heteroatoms. The molecular weight excluding hydrogens is 228 g/mol. The maximum Gasteiger partial charge on any atom is 0.226 e. The average Bonchev–Trinajstić information content (AvgIpc) is 2.69. The zero-order chi connectivity index (χ0) is 13.3. The van der Waals surface area contributed by atoms with Gasteiger partial charge in [-0.15, -0.1) is 0 Å². The third-order valence-corrected chi connectivity index (χ3v) is 4.88.